The third-order valence-corrected chi connectivity index (χ3v) is 7.25. The van der Waals surface area contributed by atoms with Crippen LogP contribution in [0.1, 0.15) is 38.1 Å². The van der Waals surface area contributed by atoms with Gasteiger partial charge in [0.05, 0.1) is 41.5 Å². The molecule has 0 fully saturated rings. The van der Waals surface area contributed by atoms with Gasteiger partial charge in [0, 0.05) is 25.0 Å². The maximum absolute atomic E-state index is 13.3. The summed E-state index contributed by atoms with van der Waals surface area (Å²) in [6.07, 6.45) is 1.16. The summed E-state index contributed by atoms with van der Waals surface area (Å²) in [5.41, 5.74) is 1.06. The van der Waals surface area contributed by atoms with Crippen molar-refractivity contribution in [1.82, 2.24) is 4.57 Å². The van der Waals surface area contributed by atoms with E-state index in [1.54, 1.807) is 30.3 Å². The molecule has 3 aromatic rings. The zero-order chi connectivity index (χ0) is 26.3. The quantitative estimate of drug-likeness (QED) is 0.321. The first-order chi connectivity index (χ1) is 17.2. The summed E-state index contributed by atoms with van der Waals surface area (Å²) in [7, 11) is -3.38. The molecule has 0 aliphatic carbocycles. The number of amides is 1. The molecule has 0 atom stereocenters. The Morgan fingerprint density at radius 3 is 2.14 bits per heavy atom. The number of benzene rings is 2. The van der Waals surface area contributed by atoms with Gasteiger partial charge in [-0.1, -0.05) is 11.3 Å². The average Bonchev–Trinajstić information content (AvgIpc) is 3.17. The van der Waals surface area contributed by atoms with Crippen LogP contribution >= 0.6 is 11.3 Å². The Labute approximate surface area is 215 Å². The number of hydrogen-bond acceptors (Lipinski definition) is 8. The summed E-state index contributed by atoms with van der Waals surface area (Å²) >= 11 is 1.24. The lowest BCUT2D eigenvalue weighted by Gasteiger charge is -2.16. The SMILES string of the molecule is CCOCCn1c(=NC(=O)c2cc(OCC)c(OCC)c(OCC)c2)sc2cc(S(C)(=O)=O)ccc21. The topological polar surface area (TPSA) is 105 Å². The van der Waals surface area contributed by atoms with Crippen LogP contribution in [-0.2, 0) is 21.1 Å². The second-order valence-electron chi connectivity index (χ2n) is 7.65. The molecule has 0 bridgehead atoms. The van der Waals surface area contributed by atoms with E-state index in [4.69, 9.17) is 18.9 Å². The number of thiazole rings is 1. The highest BCUT2D eigenvalue weighted by Gasteiger charge is 2.19. The van der Waals surface area contributed by atoms with Crippen molar-refractivity contribution in [1.29, 1.82) is 0 Å². The van der Waals surface area contributed by atoms with Crippen LogP contribution in [0.5, 0.6) is 17.2 Å². The molecule has 2 aromatic carbocycles. The van der Waals surface area contributed by atoms with Gasteiger partial charge in [-0.2, -0.15) is 4.99 Å². The van der Waals surface area contributed by atoms with Gasteiger partial charge in [-0.3, -0.25) is 4.79 Å². The minimum Gasteiger partial charge on any atom is -0.490 e. The number of hydrogen-bond donors (Lipinski definition) is 0. The van der Waals surface area contributed by atoms with E-state index >= 15 is 0 Å². The summed E-state index contributed by atoms with van der Waals surface area (Å²) in [6.45, 7) is 10.1. The van der Waals surface area contributed by atoms with Crippen molar-refractivity contribution in [2.75, 3.05) is 39.3 Å². The molecule has 0 N–H and O–H groups in total. The number of carbonyl (C=O) groups is 1. The largest absolute Gasteiger partial charge is 0.490 e. The van der Waals surface area contributed by atoms with Crippen LogP contribution in [0.2, 0.25) is 0 Å². The van der Waals surface area contributed by atoms with Gasteiger partial charge in [-0.05, 0) is 58.0 Å². The van der Waals surface area contributed by atoms with E-state index in [0.717, 1.165) is 11.8 Å². The van der Waals surface area contributed by atoms with Crippen molar-refractivity contribution in [3.05, 3.63) is 40.7 Å². The van der Waals surface area contributed by atoms with Gasteiger partial charge in [0.2, 0.25) is 5.75 Å². The predicted octanol–water partition coefficient (Wildman–Crippen LogP) is 4.08. The highest BCUT2D eigenvalue weighted by molar-refractivity contribution is 7.90. The van der Waals surface area contributed by atoms with E-state index in [2.05, 4.69) is 4.99 Å². The molecular formula is C25H32N2O7S2. The fraction of sp³-hybridized carbons (Fsp3) is 0.440. The standard InChI is InChI=1S/C25H32N2O7S2/c1-6-31-13-12-27-19-11-10-18(36(5,29)30)16-22(19)35-25(27)26-24(28)17-14-20(32-7-2)23(34-9-4)21(15-17)33-8-3/h10-11,14-16H,6-9,12-13H2,1-5H3. The van der Waals surface area contributed by atoms with Crippen molar-refractivity contribution in [2.45, 2.75) is 39.1 Å². The van der Waals surface area contributed by atoms with Crippen LogP contribution in [0.3, 0.4) is 0 Å². The number of fused-ring (bicyclic) bond motifs is 1. The monoisotopic (exact) mass is 536 g/mol. The van der Waals surface area contributed by atoms with E-state index in [1.165, 1.54) is 11.3 Å². The molecule has 0 unspecified atom stereocenters. The molecule has 1 aromatic heterocycles. The predicted molar refractivity (Wildman–Crippen MR) is 139 cm³/mol. The van der Waals surface area contributed by atoms with E-state index in [1.807, 2.05) is 32.3 Å². The van der Waals surface area contributed by atoms with Crippen LogP contribution in [0.15, 0.2) is 40.2 Å². The molecule has 0 radical (unpaired) electrons. The fourth-order valence-corrected chi connectivity index (χ4v) is 5.36. The minimum absolute atomic E-state index is 0.209. The smallest absolute Gasteiger partial charge is 0.279 e. The molecule has 0 saturated heterocycles. The maximum Gasteiger partial charge on any atom is 0.279 e. The highest BCUT2D eigenvalue weighted by Crippen LogP contribution is 2.39. The van der Waals surface area contributed by atoms with Crippen LogP contribution in [0.25, 0.3) is 10.2 Å². The molecule has 1 amide bonds. The van der Waals surface area contributed by atoms with Gasteiger partial charge < -0.3 is 23.5 Å². The Morgan fingerprint density at radius 2 is 1.58 bits per heavy atom. The lowest BCUT2D eigenvalue weighted by Crippen LogP contribution is -2.20. The normalized spacial score (nSPS) is 12.2. The van der Waals surface area contributed by atoms with Crippen molar-refractivity contribution in [3.63, 3.8) is 0 Å². The molecule has 0 aliphatic rings. The molecule has 9 nitrogen and oxygen atoms in total. The second kappa shape index (κ2) is 12.4. The van der Waals surface area contributed by atoms with Crippen molar-refractivity contribution in [3.8, 4) is 17.2 Å². The van der Waals surface area contributed by atoms with Gasteiger partial charge in [-0.25, -0.2) is 8.42 Å². The zero-order valence-corrected chi connectivity index (χ0v) is 22.8. The van der Waals surface area contributed by atoms with Gasteiger partial charge in [-0.15, -0.1) is 0 Å². The van der Waals surface area contributed by atoms with Gasteiger partial charge in [0.15, 0.2) is 26.1 Å². The third-order valence-electron chi connectivity index (χ3n) is 5.10. The molecule has 11 heteroatoms. The van der Waals surface area contributed by atoms with Gasteiger partial charge in [0.1, 0.15) is 0 Å². The lowest BCUT2D eigenvalue weighted by atomic mass is 10.1. The Balaban J connectivity index is 2.15. The number of sulfone groups is 1. The fourth-order valence-electron chi connectivity index (χ4n) is 3.55. The highest BCUT2D eigenvalue weighted by atomic mass is 32.2. The molecule has 36 heavy (non-hydrogen) atoms. The zero-order valence-electron chi connectivity index (χ0n) is 21.2. The van der Waals surface area contributed by atoms with Crippen LogP contribution in [-0.4, -0.2) is 58.2 Å². The third kappa shape index (κ3) is 6.45. The van der Waals surface area contributed by atoms with Crippen LogP contribution < -0.4 is 19.0 Å². The molecule has 196 valence electrons. The van der Waals surface area contributed by atoms with Crippen molar-refractivity contribution >= 4 is 37.3 Å². The van der Waals surface area contributed by atoms with Crippen LogP contribution in [0, 0.1) is 0 Å². The van der Waals surface area contributed by atoms with Crippen LogP contribution in [0.4, 0.5) is 0 Å². The number of rotatable bonds is 12. The van der Waals surface area contributed by atoms with Gasteiger partial charge >= 0.3 is 0 Å². The van der Waals surface area contributed by atoms with E-state index < -0.39 is 15.7 Å². The molecular weight excluding hydrogens is 504 g/mol. The Bertz CT molecular complexity index is 1360. The Kier molecular flexibility index (Phi) is 9.52. The molecule has 0 aliphatic heterocycles. The van der Waals surface area contributed by atoms with E-state index in [0.29, 0.717) is 66.3 Å². The summed E-state index contributed by atoms with van der Waals surface area (Å²) in [5, 5.41) is 0. The summed E-state index contributed by atoms with van der Waals surface area (Å²) in [6, 6.07) is 8.09. The van der Waals surface area contributed by atoms with Gasteiger partial charge in [0.25, 0.3) is 5.91 Å². The first kappa shape index (κ1) is 27.7. The summed E-state index contributed by atoms with van der Waals surface area (Å²) < 4.78 is 49.4. The first-order valence-electron chi connectivity index (χ1n) is 11.8. The number of ether oxygens (including phenoxy) is 4. The maximum atomic E-state index is 13.3. The molecule has 0 spiro atoms. The molecule has 0 saturated carbocycles. The Morgan fingerprint density at radius 1 is 0.944 bits per heavy atom. The average molecular weight is 537 g/mol. The van der Waals surface area contributed by atoms with Crippen molar-refractivity contribution in [2.24, 2.45) is 4.99 Å². The lowest BCUT2D eigenvalue weighted by molar-refractivity contribution is 0.0995. The van der Waals surface area contributed by atoms with E-state index in [-0.39, 0.29) is 10.5 Å². The molecule has 3 rings (SSSR count). The van der Waals surface area contributed by atoms with Crippen molar-refractivity contribution < 1.29 is 32.2 Å². The molecule has 1 heterocycles. The summed E-state index contributed by atoms with van der Waals surface area (Å²) in [4.78, 5) is 18.4. The minimum atomic E-state index is -3.38. The number of carbonyl (C=O) groups excluding carboxylic acids is 1. The summed E-state index contributed by atoms with van der Waals surface area (Å²) in [5.74, 6) is 0.768. The number of nitrogens with zero attached hydrogens (tertiary/aromatic N) is 2. The first-order valence-corrected chi connectivity index (χ1v) is 14.5. The number of aromatic nitrogens is 1. The van der Waals surface area contributed by atoms with E-state index in [9.17, 15) is 13.2 Å². The Hall–Kier alpha value is -2.89. The second-order valence-corrected chi connectivity index (χ2v) is 10.7.